The molecule has 1 heterocycles. The molecule has 0 spiro atoms. The number of halogens is 1. The van der Waals surface area contributed by atoms with Crippen molar-refractivity contribution in [1.29, 1.82) is 0 Å². The van der Waals surface area contributed by atoms with Crippen molar-refractivity contribution in [2.24, 2.45) is 0 Å². The Morgan fingerprint density at radius 1 is 1.06 bits per heavy atom. The first-order valence-electron chi connectivity index (χ1n) is 11.2. The Bertz CT molecular complexity index is 1120. The number of rotatable bonds is 7. The molecule has 1 fully saturated rings. The van der Waals surface area contributed by atoms with Crippen LogP contribution in [0.3, 0.4) is 0 Å². The molecule has 0 saturated carbocycles. The summed E-state index contributed by atoms with van der Waals surface area (Å²) in [6.07, 6.45) is 1.75. The summed E-state index contributed by atoms with van der Waals surface area (Å²) in [5, 5.41) is 11.2. The van der Waals surface area contributed by atoms with Gasteiger partial charge in [0.05, 0.1) is 7.11 Å². The summed E-state index contributed by atoms with van der Waals surface area (Å²) in [4.78, 5) is 13.3. The zero-order valence-corrected chi connectivity index (χ0v) is 18.7. The topological polar surface area (TPSA) is 49.8 Å². The number of piperidine rings is 1. The van der Waals surface area contributed by atoms with Gasteiger partial charge in [-0.1, -0.05) is 48.5 Å². The van der Waals surface area contributed by atoms with E-state index in [-0.39, 0.29) is 6.42 Å². The molecule has 1 saturated heterocycles. The molecule has 5 heteroatoms. The monoisotopic (exact) mass is 435 g/mol. The van der Waals surface area contributed by atoms with E-state index < -0.39 is 11.6 Å². The van der Waals surface area contributed by atoms with Gasteiger partial charge in [-0.3, -0.25) is 9.69 Å². The molecule has 3 aromatic carbocycles. The van der Waals surface area contributed by atoms with Gasteiger partial charge in [0.2, 0.25) is 0 Å². The van der Waals surface area contributed by atoms with Crippen LogP contribution in [0.1, 0.15) is 37.3 Å². The van der Waals surface area contributed by atoms with Crippen LogP contribution in [0.25, 0.3) is 21.9 Å². The number of benzene rings is 3. The van der Waals surface area contributed by atoms with Crippen LogP contribution in [0.5, 0.6) is 5.75 Å². The zero-order valence-electron chi connectivity index (χ0n) is 18.7. The molecule has 32 heavy (non-hydrogen) atoms. The maximum Gasteiger partial charge on any atom is 0.303 e. The SMILES string of the molecule is COc1cc(CN2CCC(C)(F)CC2)ccc1-c1cccc2c(CCC(=O)O)cccc12. The van der Waals surface area contributed by atoms with Crippen molar-refractivity contribution in [3.63, 3.8) is 0 Å². The van der Waals surface area contributed by atoms with Gasteiger partial charge in [-0.2, -0.15) is 0 Å². The number of carboxylic acid groups (broad SMARTS) is 1. The highest BCUT2D eigenvalue weighted by atomic mass is 19.1. The van der Waals surface area contributed by atoms with Gasteiger partial charge in [0.1, 0.15) is 11.4 Å². The predicted octanol–water partition coefficient (Wildman–Crippen LogP) is 5.86. The average Bonchev–Trinajstić information content (AvgIpc) is 2.78. The molecule has 0 aromatic heterocycles. The smallest absolute Gasteiger partial charge is 0.303 e. The highest BCUT2D eigenvalue weighted by molar-refractivity contribution is 5.99. The van der Waals surface area contributed by atoms with Crippen molar-refractivity contribution in [2.75, 3.05) is 20.2 Å². The van der Waals surface area contributed by atoms with E-state index in [9.17, 15) is 9.18 Å². The lowest BCUT2D eigenvalue weighted by molar-refractivity contribution is -0.136. The standard InChI is InChI=1S/C27H30FNO3/c1-27(28)13-15-29(16-14-27)18-19-9-11-24(25(17-19)32-2)23-8-4-6-21-20(10-12-26(30)31)5-3-7-22(21)23/h3-9,11,17H,10,12-16,18H2,1-2H3,(H,30,31). The van der Waals surface area contributed by atoms with E-state index in [0.29, 0.717) is 19.3 Å². The number of hydrogen-bond acceptors (Lipinski definition) is 3. The molecule has 0 bridgehead atoms. The number of fused-ring (bicyclic) bond motifs is 1. The lowest BCUT2D eigenvalue weighted by Gasteiger charge is -2.34. The van der Waals surface area contributed by atoms with Crippen molar-refractivity contribution in [2.45, 2.75) is 44.8 Å². The third-order valence-corrected chi connectivity index (χ3v) is 6.48. The Labute approximate surface area is 188 Å². The molecule has 1 N–H and O–H groups in total. The normalized spacial score (nSPS) is 16.2. The summed E-state index contributed by atoms with van der Waals surface area (Å²) in [7, 11) is 1.68. The van der Waals surface area contributed by atoms with Gasteiger partial charge in [0.15, 0.2) is 0 Å². The lowest BCUT2D eigenvalue weighted by atomic mass is 9.93. The second kappa shape index (κ2) is 9.29. The van der Waals surface area contributed by atoms with Gasteiger partial charge in [-0.05, 0) is 59.7 Å². The van der Waals surface area contributed by atoms with Crippen LogP contribution in [0.2, 0.25) is 0 Å². The van der Waals surface area contributed by atoms with Crippen LogP contribution in [0.15, 0.2) is 54.6 Å². The van der Waals surface area contributed by atoms with E-state index in [1.165, 1.54) is 0 Å². The molecule has 3 aromatic rings. The fourth-order valence-electron chi connectivity index (χ4n) is 4.56. The Balaban J connectivity index is 1.63. The largest absolute Gasteiger partial charge is 0.496 e. The van der Waals surface area contributed by atoms with E-state index in [4.69, 9.17) is 9.84 Å². The van der Waals surface area contributed by atoms with Crippen LogP contribution in [-0.2, 0) is 17.8 Å². The molecule has 0 unspecified atom stereocenters. The summed E-state index contributed by atoms with van der Waals surface area (Å²) in [5.41, 5.74) is 3.21. The van der Waals surface area contributed by atoms with Crippen molar-refractivity contribution < 1.29 is 19.0 Å². The van der Waals surface area contributed by atoms with Gasteiger partial charge >= 0.3 is 5.97 Å². The number of nitrogens with zero attached hydrogens (tertiary/aromatic N) is 1. The Morgan fingerprint density at radius 2 is 1.78 bits per heavy atom. The number of methoxy groups -OCH3 is 1. The Morgan fingerprint density at radius 3 is 2.50 bits per heavy atom. The predicted molar refractivity (Wildman–Crippen MR) is 126 cm³/mol. The number of carbonyl (C=O) groups is 1. The van der Waals surface area contributed by atoms with E-state index in [0.717, 1.165) is 58.4 Å². The Hall–Kier alpha value is -2.92. The summed E-state index contributed by atoms with van der Waals surface area (Å²) in [6.45, 7) is 4.00. The van der Waals surface area contributed by atoms with Gasteiger partial charge in [0, 0.05) is 31.6 Å². The van der Waals surface area contributed by atoms with E-state index in [2.05, 4.69) is 35.2 Å². The minimum atomic E-state index is -1.05. The molecule has 168 valence electrons. The van der Waals surface area contributed by atoms with Crippen LogP contribution in [0.4, 0.5) is 4.39 Å². The molecule has 1 aliphatic rings. The van der Waals surface area contributed by atoms with Crippen LogP contribution in [0, 0.1) is 0 Å². The van der Waals surface area contributed by atoms with Crippen LogP contribution >= 0.6 is 0 Å². The fraction of sp³-hybridized carbons (Fsp3) is 0.370. The average molecular weight is 436 g/mol. The van der Waals surface area contributed by atoms with Gasteiger partial charge in [0.25, 0.3) is 0 Å². The number of aryl methyl sites for hydroxylation is 1. The molecular formula is C27H30FNO3. The third-order valence-electron chi connectivity index (χ3n) is 6.48. The second-order valence-electron chi connectivity index (χ2n) is 8.94. The lowest BCUT2D eigenvalue weighted by Crippen LogP contribution is -2.39. The molecule has 4 nitrogen and oxygen atoms in total. The first kappa shape index (κ1) is 22.3. The maximum atomic E-state index is 14.1. The molecule has 4 rings (SSSR count). The van der Waals surface area contributed by atoms with Gasteiger partial charge in [-0.15, -0.1) is 0 Å². The van der Waals surface area contributed by atoms with Crippen molar-refractivity contribution in [3.8, 4) is 16.9 Å². The van der Waals surface area contributed by atoms with E-state index >= 15 is 0 Å². The summed E-state index contributed by atoms with van der Waals surface area (Å²) in [6, 6.07) is 18.5. The Kier molecular flexibility index (Phi) is 6.47. The molecule has 0 atom stereocenters. The third kappa shape index (κ3) is 4.94. The van der Waals surface area contributed by atoms with Crippen molar-refractivity contribution >= 4 is 16.7 Å². The molecular weight excluding hydrogens is 405 g/mol. The molecule has 1 aliphatic heterocycles. The minimum absolute atomic E-state index is 0.111. The minimum Gasteiger partial charge on any atom is -0.496 e. The first-order valence-corrected chi connectivity index (χ1v) is 11.2. The summed E-state index contributed by atoms with van der Waals surface area (Å²) in [5.74, 6) is 0.0125. The van der Waals surface area contributed by atoms with E-state index in [1.54, 1.807) is 14.0 Å². The van der Waals surface area contributed by atoms with Gasteiger partial charge < -0.3 is 9.84 Å². The highest BCUT2D eigenvalue weighted by Gasteiger charge is 2.29. The molecule has 0 aliphatic carbocycles. The summed E-state index contributed by atoms with van der Waals surface area (Å²) < 4.78 is 19.9. The number of alkyl halides is 1. The number of ether oxygens (including phenoxy) is 1. The number of hydrogen-bond donors (Lipinski definition) is 1. The highest BCUT2D eigenvalue weighted by Crippen LogP contribution is 2.37. The first-order chi connectivity index (χ1) is 15.4. The van der Waals surface area contributed by atoms with Crippen LogP contribution in [-0.4, -0.2) is 41.8 Å². The number of carboxylic acids is 1. The maximum absolute atomic E-state index is 14.1. The van der Waals surface area contributed by atoms with Crippen molar-refractivity contribution in [3.05, 3.63) is 65.7 Å². The zero-order chi connectivity index (χ0) is 22.7. The van der Waals surface area contributed by atoms with E-state index in [1.807, 2.05) is 24.3 Å². The molecule has 0 amide bonds. The number of aliphatic carboxylic acids is 1. The van der Waals surface area contributed by atoms with Crippen LogP contribution < -0.4 is 4.74 Å². The fourth-order valence-corrected chi connectivity index (χ4v) is 4.56. The molecule has 0 radical (unpaired) electrons. The van der Waals surface area contributed by atoms with Gasteiger partial charge in [-0.25, -0.2) is 4.39 Å². The van der Waals surface area contributed by atoms with Crippen molar-refractivity contribution in [1.82, 2.24) is 4.90 Å². The number of likely N-dealkylation sites (tertiary alicyclic amines) is 1. The summed E-state index contributed by atoms with van der Waals surface area (Å²) >= 11 is 0. The quantitative estimate of drug-likeness (QED) is 0.505. The second-order valence-corrected chi connectivity index (χ2v) is 8.94.